The molecule has 1 amide bonds. The number of carbonyl (C=O) groups excluding carboxylic acids is 1. The fraction of sp³-hybridized carbons (Fsp3) is 0.737. The predicted molar refractivity (Wildman–Crippen MR) is 103 cm³/mol. The highest BCUT2D eigenvalue weighted by Gasteiger charge is 2.48. The van der Waals surface area contributed by atoms with Crippen LogP contribution in [-0.4, -0.2) is 74.8 Å². The van der Waals surface area contributed by atoms with Crippen molar-refractivity contribution in [2.24, 2.45) is 5.41 Å². The van der Waals surface area contributed by atoms with Crippen molar-refractivity contribution in [2.75, 3.05) is 63.8 Å². The summed E-state index contributed by atoms with van der Waals surface area (Å²) < 4.78 is 5.17. The number of anilines is 2. The molecule has 1 atom stereocenters. The molecule has 0 aliphatic carbocycles. The lowest BCUT2D eigenvalue weighted by atomic mass is 9.78. The molecule has 1 spiro atoms. The number of ether oxygens (including phenoxy) is 1. The minimum Gasteiger partial charge on any atom is -0.383 e. The summed E-state index contributed by atoms with van der Waals surface area (Å²) in [5.74, 6) is 1.99. The van der Waals surface area contributed by atoms with E-state index < -0.39 is 0 Å². The van der Waals surface area contributed by atoms with Gasteiger partial charge in [-0.05, 0) is 33.1 Å². The Hall–Kier alpha value is -1.89. The molecule has 3 heterocycles. The number of hydrogen-bond acceptors (Lipinski definition) is 6. The van der Waals surface area contributed by atoms with Gasteiger partial charge >= 0.3 is 0 Å². The number of aromatic nitrogens is 2. The van der Waals surface area contributed by atoms with E-state index in [9.17, 15) is 4.79 Å². The first-order chi connectivity index (χ1) is 12.4. The van der Waals surface area contributed by atoms with Gasteiger partial charge in [0.15, 0.2) is 0 Å². The zero-order valence-electron chi connectivity index (χ0n) is 16.7. The minimum absolute atomic E-state index is 0.268. The lowest BCUT2D eigenvalue weighted by Crippen LogP contribution is -2.51. The van der Waals surface area contributed by atoms with Gasteiger partial charge in [-0.3, -0.25) is 4.79 Å². The van der Waals surface area contributed by atoms with E-state index in [2.05, 4.69) is 16.8 Å². The molecular formula is C19H31N5O2. The Bertz CT molecular complexity index is 678. The van der Waals surface area contributed by atoms with Crippen LogP contribution in [0.25, 0.3) is 0 Å². The van der Waals surface area contributed by atoms with Crippen LogP contribution in [0.1, 0.15) is 30.5 Å². The Morgan fingerprint density at radius 1 is 1.19 bits per heavy atom. The quantitative estimate of drug-likeness (QED) is 0.794. The fourth-order valence-corrected chi connectivity index (χ4v) is 4.11. The molecule has 2 saturated heterocycles. The maximum atomic E-state index is 13.2. The average Bonchev–Trinajstić information content (AvgIpc) is 3.03. The largest absolute Gasteiger partial charge is 0.383 e. The molecule has 0 aromatic carbocycles. The van der Waals surface area contributed by atoms with Crippen LogP contribution >= 0.6 is 0 Å². The summed E-state index contributed by atoms with van der Waals surface area (Å²) in [6.07, 6.45) is 2.93. The average molecular weight is 361 g/mol. The van der Waals surface area contributed by atoms with Crippen molar-refractivity contribution in [1.29, 1.82) is 0 Å². The second-order valence-electron chi connectivity index (χ2n) is 7.79. The maximum absolute atomic E-state index is 13.2. The van der Waals surface area contributed by atoms with E-state index >= 15 is 0 Å². The van der Waals surface area contributed by atoms with Gasteiger partial charge in [0.2, 0.25) is 11.9 Å². The number of likely N-dealkylation sites (tertiary alicyclic amines) is 1. The van der Waals surface area contributed by atoms with E-state index in [1.807, 2.05) is 30.8 Å². The fourth-order valence-electron chi connectivity index (χ4n) is 4.11. The summed E-state index contributed by atoms with van der Waals surface area (Å²) in [5.41, 5.74) is 1.83. The molecule has 1 aromatic rings. The molecule has 3 rings (SSSR count). The second-order valence-corrected chi connectivity index (χ2v) is 7.79. The Morgan fingerprint density at radius 2 is 1.96 bits per heavy atom. The topological polar surface area (TPSA) is 61.8 Å². The molecule has 1 aromatic heterocycles. The highest BCUT2D eigenvalue weighted by Crippen LogP contribution is 2.42. The third-order valence-electron chi connectivity index (χ3n) is 5.79. The minimum atomic E-state index is -0.268. The lowest BCUT2D eigenvalue weighted by Gasteiger charge is -2.39. The van der Waals surface area contributed by atoms with E-state index in [0.29, 0.717) is 19.1 Å². The summed E-state index contributed by atoms with van der Waals surface area (Å²) in [6, 6.07) is 0. The van der Waals surface area contributed by atoms with Crippen LogP contribution in [0.2, 0.25) is 0 Å². The standard InChI is InChI=1S/C19H31N5O2/c1-14-15(2)20-18(22(3)4)21-16(14)24-10-8-19(13-24)7-6-9-23(17(19)25)11-12-26-5/h6-13H2,1-5H3/t19-/m0/s1. The van der Waals surface area contributed by atoms with Crippen molar-refractivity contribution in [2.45, 2.75) is 33.1 Å². The molecule has 0 N–H and O–H groups in total. The van der Waals surface area contributed by atoms with Gasteiger partial charge in [0.1, 0.15) is 5.82 Å². The number of hydrogen-bond donors (Lipinski definition) is 0. The molecular weight excluding hydrogens is 330 g/mol. The number of carbonyl (C=O) groups is 1. The van der Waals surface area contributed by atoms with Crippen LogP contribution in [0.3, 0.4) is 0 Å². The first-order valence-electron chi connectivity index (χ1n) is 9.44. The van der Waals surface area contributed by atoms with Gasteiger partial charge in [0.05, 0.1) is 12.0 Å². The molecule has 26 heavy (non-hydrogen) atoms. The number of nitrogens with zero attached hydrogens (tertiary/aromatic N) is 5. The highest BCUT2D eigenvalue weighted by molar-refractivity contribution is 5.85. The van der Waals surface area contributed by atoms with Crippen LogP contribution < -0.4 is 9.80 Å². The number of rotatable bonds is 5. The van der Waals surface area contributed by atoms with Gasteiger partial charge in [-0.1, -0.05) is 0 Å². The van der Waals surface area contributed by atoms with Crippen LogP contribution in [0, 0.1) is 19.3 Å². The van der Waals surface area contributed by atoms with Crippen molar-refractivity contribution < 1.29 is 9.53 Å². The number of amides is 1. The van der Waals surface area contributed by atoms with E-state index in [4.69, 9.17) is 9.72 Å². The van der Waals surface area contributed by atoms with E-state index in [0.717, 1.165) is 61.9 Å². The molecule has 0 saturated carbocycles. The maximum Gasteiger partial charge on any atom is 0.230 e. The summed E-state index contributed by atoms with van der Waals surface area (Å²) >= 11 is 0. The summed E-state index contributed by atoms with van der Waals surface area (Å²) in [5, 5.41) is 0. The Morgan fingerprint density at radius 3 is 2.65 bits per heavy atom. The SMILES string of the molecule is COCCN1CCC[C@@]2(CCN(c3nc(N(C)C)nc(C)c3C)C2)C1=O. The van der Waals surface area contributed by atoms with Crippen molar-refractivity contribution >= 4 is 17.7 Å². The van der Waals surface area contributed by atoms with Gasteiger partial charge in [-0.2, -0.15) is 4.98 Å². The molecule has 7 heteroatoms. The van der Waals surface area contributed by atoms with Crippen LogP contribution in [-0.2, 0) is 9.53 Å². The zero-order valence-corrected chi connectivity index (χ0v) is 16.7. The van der Waals surface area contributed by atoms with Crippen molar-refractivity contribution in [3.63, 3.8) is 0 Å². The number of piperidine rings is 1. The molecule has 2 fully saturated rings. The van der Waals surface area contributed by atoms with Crippen LogP contribution in [0.4, 0.5) is 11.8 Å². The number of methoxy groups -OCH3 is 1. The van der Waals surface area contributed by atoms with Crippen molar-refractivity contribution in [1.82, 2.24) is 14.9 Å². The third-order valence-corrected chi connectivity index (χ3v) is 5.79. The second kappa shape index (κ2) is 7.39. The lowest BCUT2D eigenvalue weighted by molar-refractivity contribution is -0.145. The molecule has 7 nitrogen and oxygen atoms in total. The van der Waals surface area contributed by atoms with Gasteiger partial charge in [0, 0.05) is 58.6 Å². The van der Waals surface area contributed by atoms with Crippen molar-refractivity contribution in [3.8, 4) is 0 Å². The molecule has 0 radical (unpaired) electrons. The highest BCUT2D eigenvalue weighted by atomic mass is 16.5. The van der Waals surface area contributed by atoms with E-state index in [1.54, 1.807) is 7.11 Å². The predicted octanol–water partition coefficient (Wildman–Crippen LogP) is 1.62. The van der Waals surface area contributed by atoms with Gasteiger partial charge in [0.25, 0.3) is 0 Å². The van der Waals surface area contributed by atoms with Gasteiger partial charge in [-0.25, -0.2) is 4.98 Å². The summed E-state index contributed by atoms with van der Waals surface area (Å²) in [4.78, 5) is 28.7. The molecule has 0 unspecified atom stereocenters. The molecule has 144 valence electrons. The van der Waals surface area contributed by atoms with Gasteiger partial charge in [-0.15, -0.1) is 0 Å². The van der Waals surface area contributed by atoms with Crippen LogP contribution in [0.5, 0.6) is 0 Å². The Balaban J connectivity index is 1.83. The van der Waals surface area contributed by atoms with E-state index in [1.165, 1.54) is 0 Å². The first-order valence-corrected chi connectivity index (χ1v) is 9.44. The Labute approximate surface area is 156 Å². The van der Waals surface area contributed by atoms with Gasteiger partial charge < -0.3 is 19.4 Å². The van der Waals surface area contributed by atoms with E-state index in [-0.39, 0.29) is 5.41 Å². The molecule has 2 aliphatic heterocycles. The number of aryl methyl sites for hydroxylation is 1. The smallest absolute Gasteiger partial charge is 0.230 e. The summed E-state index contributed by atoms with van der Waals surface area (Å²) in [6.45, 7) is 7.85. The normalized spacial score (nSPS) is 23.2. The van der Waals surface area contributed by atoms with Crippen LogP contribution in [0.15, 0.2) is 0 Å². The first kappa shape index (κ1) is 18.9. The third kappa shape index (κ3) is 3.37. The molecule has 0 bridgehead atoms. The molecule has 2 aliphatic rings. The van der Waals surface area contributed by atoms with Crippen molar-refractivity contribution in [3.05, 3.63) is 11.3 Å². The Kier molecular flexibility index (Phi) is 5.37. The zero-order chi connectivity index (χ0) is 18.9. The monoisotopic (exact) mass is 361 g/mol. The summed E-state index contributed by atoms with van der Waals surface area (Å²) in [7, 11) is 5.60.